The van der Waals surface area contributed by atoms with Crippen molar-refractivity contribution in [1.29, 1.82) is 0 Å². The van der Waals surface area contributed by atoms with Crippen LogP contribution in [0.4, 0.5) is 0 Å². The summed E-state index contributed by atoms with van der Waals surface area (Å²) in [5.41, 5.74) is 2.43. The maximum Gasteiger partial charge on any atom is 0.213 e. The van der Waals surface area contributed by atoms with E-state index in [-0.39, 0.29) is 11.2 Å². The highest BCUT2D eigenvalue weighted by Crippen LogP contribution is 2.43. The van der Waals surface area contributed by atoms with Gasteiger partial charge in [-0.2, -0.15) is 0 Å². The largest absolute Gasteiger partial charge is 0.356 e. The molecule has 1 aliphatic carbocycles. The van der Waals surface area contributed by atoms with Crippen LogP contribution in [0.3, 0.4) is 0 Å². The van der Waals surface area contributed by atoms with Crippen LogP contribution in [0, 0.1) is 0 Å². The van der Waals surface area contributed by atoms with Gasteiger partial charge < -0.3 is 10.6 Å². The van der Waals surface area contributed by atoms with Gasteiger partial charge in [0.2, 0.25) is 10.0 Å². The Morgan fingerprint density at radius 1 is 1.00 bits per heavy atom. The number of rotatable bonds is 9. The molecule has 0 spiro atoms. The van der Waals surface area contributed by atoms with Crippen LogP contribution in [0.15, 0.2) is 65.7 Å². The number of guanidine groups is 1. The summed E-state index contributed by atoms with van der Waals surface area (Å²) in [5.74, 6) is 0.620. The summed E-state index contributed by atoms with van der Waals surface area (Å²) in [5, 5.41) is 6.49. The van der Waals surface area contributed by atoms with Gasteiger partial charge in [0.1, 0.15) is 0 Å². The molecule has 0 saturated heterocycles. The highest BCUT2D eigenvalue weighted by atomic mass is 32.2. The Bertz CT molecular complexity index is 895. The Morgan fingerprint density at radius 2 is 1.66 bits per heavy atom. The zero-order valence-electron chi connectivity index (χ0n) is 16.9. The number of nitrogens with one attached hydrogen (secondary N) is 3. The maximum atomic E-state index is 12.2. The molecule has 6 nitrogen and oxygen atoms in total. The number of aliphatic imine (C=N–C) groups is 1. The first-order chi connectivity index (χ1) is 14.0. The van der Waals surface area contributed by atoms with Crippen LogP contribution >= 0.6 is 0 Å². The first-order valence-electron chi connectivity index (χ1n) is 10.0. The normalized spacial score (nSPS) is 16.1. The van der Waals surface area contributed by atoms with E-state index < -0.39 is 10.0 Å². The Kier molecular flexibility index (Phi) is 7.28. The second kappa shape index (κ2) is 9.89. The minimum absolute atomic E-state index is 0.00956. The summed E-state index contributed by atoms with van der Waals surface area (Å²) >= 11 is 0. The lowest BCUT2D eigenvalue weighted by atomic mass is 9.64. The molecule has 0 aliphatic heterocycles. The quantitative estimate of drug-likeness (QED) is 0.435. The lowest BCUT2D eigenvalue weighted by Gasteiger charge is -2.43. The average molecular weight is 415 g/mol. The summed E-state index contributed by atoms with van der Waals surface area (Å²) < 4.78 is 27.1. The minimum Gasteiger partial charge on any atom is -0.356 e. The Hall–Kier alpha value is -2.38. The van der Waals surface area contributed by atoms with Crippen molar-refractivity contribution in [2.75, 3.05) is 25.9 Å². The molecule has 0 heterocycles. The summed E-state index contributed by atoms with van der Waals surface area (Å²) in [7, 11) is -1.66. The van der Waals surface area contributed by atoms with E-state index in [1.54, 1.807) is 7.05 Å². The number of benzene rings is 2. The van der Waals surface area contributed by atoms with Crippen LogP contribution in [0.1, 0.15) is 30.4 Å². The van der Waals surface area contributed by atoms with Gasteiger partial charge in [0, 0.05) is 32.1 Å². The third-order valence-electron chi connectivity index (χ3n) is 5.52. The molecule has 2 aromatic carbocycles. The lowest BCUT2D eigenvalue weighted by molar-refractivity contribution is 0.244. The van der Waals surface area contributed by atoms with E-state index >= 15 is 0 Å². The molecule has 0 unspecified atom stereocenters. The Morgan fingerprint density at radius 3 is 2.24 bits per heavy atom. The molecule has 7 heteroatoms. The van der Waals surface area contributed by atoms with E-state index in [0.717, 1.165) is 24.9 Å². The summed E-state index contributed by atoms with van der Waals surface area (Å²) in [6, 6.07) is 20.1. The van der Waals surface area contributed by atoms with Gasteiger partial charge in [-0.15, -0.1) is 0 Å². The average Bonchev–Trinajstić information content (AvgIpc) is 2.72. The number of sulfonamides is 1. The molecule has 0 amide bonds. The van der Waals surface area contributed by atoms with Crippen LogP contribution in [0.2, 0.25) is 0 Å². The van der Waals surface area contributed by atoms with Gasteiger partial charge in [0.25, 0.3) is 0 Å². The fourth-order valence-corrected chi connectivity index (χ4v) is 4.50. The van der Waals surface area contributed by atoms with Gasteiger partial charge in [0.05, 0.1) is 5.75 Å². The highest BCUT2D eigenvalue weighted by Gasteiger charge is 2.38. The fraction of sp³-hybridized carbons (Fsp3) is 0.409. The SMILES string of the molecule is CN=C(NCCS(=O)(=O)NCc1ccccc1)NCC1(c2ccccc2)CCC1. The maximum absolute atomic E-state index is 12.2. The molecule has 0 atom stereocenters. The van der Waals surface area contributed by atoms with E-state index in [4.69, 9.17) is 0 Å². The topological polar surface area (TPSA) is 82.6 Å². The zero-order valence-corrected chi connectivity index (χ0v) is 17.7. The van der Waals surface area contributed by atoms with Gasteiger partial charge in [0.15, 0.2) is 5.96 Å². The lowest BCUT2D eigenvalue weighted by Crippen LogP contribution is -2.49. The first kappa shape index (κ1) is 21.3. The number of hydrogen-bond acceptors (Lipinski definition) is 3. The molecule has 2 aromatic rings. The van der Waals surface area contributed by atoms with Crippen molar-refractivity contribution in [2.24, 2.45) is 4.99 Å². The van der Waals surface area contributed by atoms with E-state index in [9.17, 15) is 8.42 Å². The van der Waals surface area contributed by atoms with Crippen LogP contribution in [0.5, 0.6) is 0 Å². The molecule has 0 aromatic heterocycles. The molecule has 1 fully saturated rings. The van der Waals surface area contributed by atoms with Crippen LogP contribution in [-0.4, -0.2) is 40.3 Å². The van der Waals surface area contributed by atoms with Crippen molar-refractivity contribution in [1.82, 2.24) is 15.4 Å². The van der Waals surface area contributed by atoms with Crippen LogP contribution < -0.4 is 15.4 Å². The highest BCUT2D eigenvalue weighted by molar-refractivity contribution is 7.89. The van der Waals surface area contributed by atoms with Crippen molar-refractivity contribution >= 4 is 16.0 Å². The first-order valence-corrected chi connectivity index (χ1v) is 11.7. The van der Waals surface area contributed by atoms with Gasteiger partial charge >= 0.3 is 0 Å². The summed E-state index contributed by atoms with van der Waals surface area (Å²) in [4.78, 5) is 4.24. The van der Waals surface area contributed by atoms with Gasteiger partial charge in [-0.1, -0.05) is 67.1 Å². The Labute approximate surface area is 173 Å². The number of nitrogens with zero attached hydrogens (tertiary/aromatic N) is 1. The zero-order chi connectivity index (χ0) is 20.6. The van der Waals surface area contributed by atoms with Gasteiger partial charge in [-0.05, 0) is 24.0 Å². The molecular weight excluding hydrogens is 384 g/mol. The summed E-state index contributed by atoms with van der Waals surface area (Å²) in [6.07, 6.45) is 3.53. The van der Waals surface area contributed by atoms with E-state index in [0.29, 0.717) is 19.0 Å². The predicted octanol–water partition coefficient (Wildman–Crippen LogP) is 2.39. The molecule has 29 heavy (non-hydrogen) atoms. The molecular formula is C22H30N4O2S. The van der Waals surface area contributed by atoms with E-state index in [1.165, 1.54) is 12.0 Å². The number of hydrogen-bond donors (Lipinski definition) is 3. The summed E-state index contributed by atoms with van der Waals surface area (Å²) in [6.45, 7) is 1.38. The van der Waals surface area contributed by atoms with Gasteiger partial charge in [-0.3, -0.25) is 4.99 Å². The molecule has 0 radical (unpaired) electrons. The second-order valence-corrected chi connectivity index (χ2v) is 9.40. The fourth-order valence-electron chi connectivity index (χ4n) is 3.60. The van der Waals surface area contributed by atoms with Crippen molar-refractivity contribution in [3.8, 4) is 0 Å². The third kappa shape index (κ3) is 6.05. The third-order valence-corrected chi connectivity index (χ3v) is 6.84. The minimum atomic E-state index is -3.36. The van der Waals surface area contributed by atoms with Crippen molar-refractivity contribution in [2.45, 2.75) is 31.2 Å². The van der Waals surface area contributed by atoms with Crippen LogP contribution in [0.25, 0.3) is 0 Å². The molecule has 1 aliphatic rings. The molecule has 1 saturated carbocycles. The van der Waals surface area contributed by atoms with Crippen molar-refractivity contribution in [3.05, 3.63) is 71.8 Å². The molecule has 0 bridgehead atoms. The molecule has 3 rings (SSSR count). The standard InChI is InChI=1S/C22H30N4O2S/c1-23-21(25-18-22(13-8-14-22)20-11-6-3-7-12-20)24-15-16-29(27,28)26-17-19-9-4-2-5-10-19/h2-7,9-12,26H,8,13-18H2,1H3,(H2,23,24,25). The molecule has 3 N–H and O–H groups in total. The van der Waals surface area contributed by atoms with Crippen LogP contribution in [-0.2, 0) is 22.0 Å². The van der Waals surface area contributed by atoms with E-state index in [2.05, 4.69) is 44.6 Å². The molecule has 156 valence electrons. The van der Waals surface area contributed by atoms with Gasteiger partial charge in [-0.25, -0.2) is 13.1 Å². The smallest absolute Gasteiger partial charge is 0.213 e. The monoisotopic (exact) mass is 414 g/mol. The predicted molar refractivity (Wildman–Crippen MR) is 118 cm³/mol. The second-order valence-electron chi connectivity index (χ2n) is 7.48. The van der Waals surface area contributed by atoms with E-state index in [1.807, 2.05) is 36.4 Å². The van der Waals surface area contributed by atoms with Crippen molar-refractivity contribution in [3.63, 3.8) is 0 Å². The van der Waals surface area contributed by atoms with Crippen molar-refractivity contribution < 1.29 is 8.42 Å². The Balaban J connectivity index is 1.44.